The molecule has 1 aliphatic rings. The van der Waals surface area contributed by atoms with Crippen LogP contribution in [0.15, 0.2) is 47.1 Å². The minimum atomic E-state index is -0.980. The van der Waals surface area contributed by atoms with Gasteiger partial charge in [0, 0.05) is 13.1 Å². The average molecular weight is 345 g/mol. The third kappa shape index (κ3) is 4.84. The molecule has 0 radical (unpaired) electrons. The van der Waals surface area contributed by atoms with Crippen molar-refractivity contribution in [1.29, 1.82) is 0 Å². The van der Waals surface area contributed by atoms with Gasteiger partial charge in [-0.25, -0.2) is 4.79 Å². The summed E-state index contributed by atoms with van der Waals surface area (Å²) in [6, 6.07) is 11.2. The van der Waals surface area contributed by atoms with Gasteiger partial charge in [-0.15, -0.1) is 0 Å². The van der Waals surface area contributed by atoms with Gasteiger partial charge in [0.15, 0.2) is 0 Å². The van der Waals surface area contributed by atoms with Crippen molar-refractivity contribution in [3.63, 3.8) is 0 Å². The van der Waals surface area contributed by atoms with E-state index in [2.05, 4.69) is 4.90 Å². The van der Waals surface area contributed by atoms with E-state index >= 15 is 0 Å². The lowest BCUT2D eigenvalue weighted by molar-refractivity contribution is -0.148. The van der Waals surface area contributed by atoms with Crippen LogP contribution in [0.5, 0.6) is 5.75 Å². The highest BCUT2D eigenvalue weighted by Crippen LogP contribution is 2.24. The maximum Gasteiger partial charge on any atom is 0.338 e. The van der Waals surface area contributed by atoms with Crippen molar-refractivity contribution in [3.8, 4) is 5.75 Å². The molecule has 134 valence electrons. The lowest BCUT2D eigenvalue weighted by Gasteiger charge is -2.42. The van der Waals surface area contributed by atoms with Crippen LogP contribution >= 0.6 is 0 Å². The van der Waals surface area contributed by atoms with Crippen LogP contribution in [0.1, 0.15) is 30.0 Å². The maximum absolute atomic E-state index is 11.0. The van der Waals surface area contributed by atoms with Gasteiger partial charge < -0.3 is 19.0 Å². The van der Waals surface area contributed by atoms with Crippen molar-refractivity contribution in [2.24, 2.45) is 0 Å². The van der Waals surface area contributed by atoms with Gasteiger partial charge in [0.25, 0.3) is 0 Å². The van der Waals surface area contributed by atoms with Crippen LogP contribution in [0.2, 0.25) is 0 Å². The van der Waals surface area contributed by atoms with E-state index in [4.69, 9.17) is 19.0 Å². The summed E-state index contributed by atoms with van der Waals surface area (Å²) in [6.45, 7) is 6.51. The Morgan fingerprint density at radius 3 is 2.80 bits per heavy atom. The molecular weight excluding hydrogens is 322 g/mol. The Balaban J connectivity index is 1.60. The summed E-state index contributed by atoms with van der Waals surface area (Å²) >= 11 is 0. The fraction of sp³-hybridized carbons (Fsp3) is 0.421. The van der Waals surface area contributed by atoms with Gasteiger partial charge in [0.1, 0.15) is 30.5 Å². The molecule has 1 aliphatic heterocycles. The second-order valence-electron chi connectivity index (χ2n) is 6.90. The molecular formula is C19H23NO5. The van der Waals surface area contributed by atoms with E-state index in [1.807, 2.05) is 44.2 Å². The third-order valence-corrected chi connectivity index (χ3v) is 4.01. The Morgan fingerprint density at radius 1 is 1.36 bits per heavy atom. The van der Waals surface area contributed by atoms with E-state index in [1.165, 1.54) is 6.26 Å². The molecule has 0 aliphatic carbocycles. The van der Waals surface area contributed by atoms with Crippen molar-refractivity contribution in [2.45, 2.75) is 32.1 Å². The molecule has 6 heteroatoms. The molecule has 1 fully saturated rings. The molecule has 0 saturated carbocycles. The van der Waals surface area contributed by atoms with Crippen molar-refractivity contribution in [1.82, 2.24) is 4.90 Å². The van der Waals surface area contributed by atoms with Gasteiger partial charge in [-0.2, -0.15) is 0 Å². The number of benzene rings is 1. The predicted octanol–water partition coefficient (Wildman–Crippen LogP) is 3.04. The molecule has 1 unspecified atom stereocenters. The normalized spacial score (nSPS) is 20.3. The number of hydrogen-bond donors (Lipinski definition) is 1. The SMILES string of the molecule is CC1(C)CN(Cc2cc(C(=O)O)co2)CC(COc2ccccc2)O1. The van der Waals surface area contributed by atoms with Crippen LogP contribution in [0.4, 0.5) is 0 Å². The molecule has 1 N–H and O–H groups in total. The zero-order valence-corrected chi connectivity index (χ0v) is 14.5. The fourth-order valence-electron chi connectivity index (χ4n) is 3.13. The van der Waals surface area contributed by atoms with E-state index in [0.29, 0.717) is 25.5 Å². The minimum absolute atomic E-state index is 0.0714. The number of aromatic carboxylic acids is 1. The van der Waals surface area contributed by atoms with Crippen molar-refractivity contribution >= 4 is 5.97 Å². The number of ether oxygens (including phenoxy) is 2. The third-order valence-electron chi connectivity index (χ3n) is 4.01. The molecule has 1 aromatic heterocycles. The van der Waals surface area contributed by atoms with E-state index in [0.717, 1.165) is 12.3 Å². The summed E-state index contributed by atoms with van der Waals surface area (Å²) in [5.74, 6) is 0.474. The zero-order chi connectivity index (χ0) is 17.9. The van der Waals surface area contributed by atoms with Crippen LogP contribution in [0, 0.1) is 0 Å². The number of furan rings is 1. The smallest absolute Gasteiger partial charge is 0.338 e. The molecule has 3 rings (SSSR count). The van der Waals surface area contributed by atoms with E-state index in [1.54, 1.807) is 6.07 Å². The number of carbonyl (C=O) groups is 1. The topological polar surface area (TPSA) is 72.1 Å². The lowest BCUT2D eigenvalue weighted by atomic mass is 10.1. The molecule has 6 nitrogen and oxygen atoms in total. The summed E-state index contributed by atoms with van der Waals surface area (Å²) in [5, 5.41) is 9.00. The molecule has 0 bridgehead atoms. The van der Waals surface area contributed by atoms with Crippen LogP contribution in [0.25, 0.3) is 0 Å². The number of morpholine rings is 1. The largest absolute Gasteiger partial charge is 0.491 e. The second-order valence-corrected chi connectivity index (χ2v) is 6.90. The Bertz CT molecular complexity index is 710. The van der Waals surface area contributed by atoms with Crippen LogP contribution in [-0.4, -0.2) is 47.4 Å². The van der Waals surface area contributed by atoms with Gasteiger partial charge in [-0.05, 0) is 32.0 Å². The first kappa shape index (κ1) is 17.5. The van der Waals surface area contributed by atoms with Crippen LogP contribution in [0.3, 0.4) is 0 Å². The number of rotatable bonds is 6. The summed E-state index contributed by atoms with van der Waals surface area (Å²) in [4.78, 5) is 13.2. The van der Waals surface area contributed by atoms with Crippen molar-refractivity contribution < 1.29 is 23.8 Å². The molecule has 1 atom stereocenters. The van der Waals surface area contributed by atoms with E-state index in [-0.39, 0.29) is 17.3 Å². The standard InChI is InChI=1S/C19H23NO5/c1-19(2)13-20(9-16-8-14(11-23-16)18(21)22)10-17(25-19)12-24-15-6-4-3-5-7-15/h3-8,11,17H,9-10,12-13H2,1-2H3,(H,21,22). The highest BCUT2D eigenvalue weighted by Gasteiger charge is 2.34. The average Bonchev–Trinajstić information content (AvgIpc) is 3.01. The molecule has 1 aromatic carbocycles. The molecule has 25 heavy (non-hydrogen) atoms. The molecule has 0 spiro atoms. The Morgan fingerprint density at radius 2 is 2.12 bits per heavy atom. The number of hydrogen-bond acceptors (Lipinski definition) is 5. The highest BCUT2D eigenvalue weighted by atomic mass is 16.5. The maximum atomic E-state index is 11.0. The Kier molecular flexibility index (Phi) is 5.11. The first-order valence-corrected chi connectivity index (χ1v) is 8.30. The van der Waals surface area contributed by atoms with E-state index in [9.17, 15) is 4.79 Å². The summed E-state index contributed by atoms with van der Waals surface area (Å²) in [6.07, 6.45) is 1.21. The van der Waals surface area contributed by atoms with Crippen molar-refractivity contribution in [2.75, 3.05) is 19.7 Å². The molecule has 2 heterocycles. The van der Waals surface area contributed by atoms with Crippen molar-refractivity contribution in [3.05, 3.63) is 54.0 Å². The highest BCUT2D eigenvalue weighted by molar-refractivity contribution is 5.87. The summed E-state index contributed by atoms with van der Waals surface area (Å²) in [5.41, 5.74) is -0.142. The first-order chi connectivity index (χ1) is 11.9. The predicted molar refractivity (Wildman–Crippen MR) is 91.8 cm³/mol. The minimum Gasteiger partial charge on any atom is -0.491 e. The van der Waals surface area contributed by atoms with Gasteiger partial charge in [0.2, 0.25) is 0 Å². The van der Waals surface area contributed by atoms with Crippen LogP contribution < -0.4 is 4.74 Å². The zero-order valence-electron chi connectivity index (χ0n) is 14.5. The molecule has 1 saturated heterocycles. The summed E-state index contributed by atoms with van der Waals surface area (Å²) in [7, 11) is 0. The number of carboxylic acid groups (broad SMARTS) is 1. The fourth-order valence-corrected chi connectivity index (χ4v) is 3.13. The number of para-hydroxylation sites is 1. The van der Waals surface area contributed by atoms with Gasteiger partial charge in [-0.3, -0.25) is 4.90 Å². The lowest BCUT2D eigenvalue weighted by Crippen LogP contribution is -2.53. The summed E-state index contributed by atoms with van der Waals surface area (Å²) < 4.78 is 17.3. The number of carboxylic acids is 1. The van der Waals surface area contributed by atoms with E-state index < -0.39 is 5.97 Å². The first-order valence-electron chi connectivity index (χ1n) is 8.30. The Hall–Kier alpha value is -2.31. The quantitative estimate of drug-likeness (QED) is 0.868. The number of nitrogens with zero attached hydrogens (tertiary/aromatic N) is 1. The molecule has 2 aromatic rings. The monoisotopic (exact) mass is 345 g/mol. The Labute approximate surface area is 147 Å². The molecule has 0 amide bonds. The second kappa shape index (κ2) is 7.29. The van der Waals surface area contributed by atoms with Gasteiger partial charge in [-0.1, -0.05) is 18.2 Å². The van der Waals surface area contributed by atoms with Gasteiger partial charge >= 0.3 is 5.97 Å². The van der Waals surface area contributed by atoms with Crippen LogP contribution in [-0.2, 0) is 11.3 Å². The van der Waals surface area contributed by atoms with Gasteiger partial charge in [0.05, 0.1) is 17.7 Å².